The first kappa shape index (κ1) is 24.2. The molecule has 0 radical (unpaired) electrons. The van der Waals surface area contributed by atoms with Crippen molar-refractivity contribution in [3.05, 3.63) is 32.6 Å². The first-order valence-corrected chi connectivity index (χ1v) is 10.1. The highest BCUT2D eigenvalue weighted by atomic mass is 16.7. The first-order valence-electron chi connectivity index (χ1n) is 10.1. The Morgan fingerprint density at radius 1 is 1.30 bits per heavy atom. The lowest BCUT2D eigenvalue weighted by Gasteiger charge is -2.30. The van der Waals surface area contributed by atoms with Crippen LogP contribution in [-0.2, 0) is 23.8 Å². The van der Waals surface area contributed by atoms with Gasteiger partial charge < -0.3 is 19.3 Å². The van der Waals surface area contributed by atoms with Gasteiger partial charge in [-0.05, 0) is 19.8 Å². The van der Waals surface area contributed by atoms with Gasteiger partial charge in [0.15, 0.2) is 12.3 Å². The van der Waals surface area contributed by atoms with Crippen molar-refractivity contribution < 1.29 is 28.9 Å². The number of H-pyrrole nitrogens is 1. The van der Waals surface area contributed by atoms with Crippen molar-refractivity contribution in [2.75, 3.05) is 19.8 Å². The van der Waals surface area contributed by atoms with Crippen molar-refractivity contribution in [1.29, 1.82) is 0 Å². The van der Waals surface area contributed by atoms with Crippen LogP contribution in [0, 0.1) is 6.92 Å². The molecule has 0 saturated carbocycles. The lowest BCUT2D eigenvalue weighted by atomic mass is 9.95. The molecule has 11 heteroatoms. The van der Waals surface area contributed by atoms with Crippen LogP contribution in [0.4, 0.5) is 0 Å². The summed E-state index contributed by atoms with van der Waals surface area (Å²) in [7, 11) is 0. The smallest absolute Gasteiger partial charge is 0.341 e. The minimum Gasteiger partial charge on any atom is -0.479 e. The predicted octanol–water partition coefficient (Wildman–Crippen LogP) is 0.458. The minimum absolute atomic E-state index is 0.240. The van der Waals surface area contributed by atoms with E-state index < -0.39 is 41.3 Å². The quantitative estimate of drug-likeness (QED) is 0.317. The van der Waals surface area contributed by atoms with E-state index in [0.717, 1.165) is 23.8 Å². The van der Waals surface area contributed by atoms with Gasteiger partial charge in [-0.15, -0.1) is 0 Å². The Hall–Kier alpha value is -2.05. The molecule has 0 spiro atoms. The number of nitrogens with one attached hydrogen (secondary N) is 1. The summed E-state index contributed by atoms with van der Waals surface area (Å²) in [6, 6.07) is 0. The summed E-state index contributed by atoms with van der Waals surface area (Å²) in [6.07, 6.45) is 0.899. The van der Waals surface area contributed by atoms with Gasteiger partial charge in [0.2, 0.25) is 5.60 Å². The highest BCUT2D eigenvalue weighted by Crippen LogP contribution is 2.40. The van der Waals surface area contributed by atoms with Crippen LogP contribution in [0.1, 0.15) is 51.3 Å². The van der Waals surface area contributed by atoms with Gasteiger partial charge in [-0.1, -0.05) is 26.7 Å². The third-order valence-electron chi connectivity index (χ3n) is 5.06. The van der Waals surface area contributed by atoms with Gasteiger partial charge in [0.25, 0.3) is 5.56 Å². The fourth-order valence-electron chi connectivity index (χ4n) is 3.30. The molecule has 1 aromatic rings. The fraction of sp³-hybridized carbons (Fsp3) is 0.737. The molecule has 170 valence electrons. The molecular formula is C19H31N3O8. The van der Waals surface area contributed by atoms with Crippen molar-refractivity contribution in [3.8, 4) is 0 Å². The number of rotatable bonds is 12. The first-order chi connectivity index (χ1) is 14.3. The third kappa shape index (κ3) is 4.98. The molecule has 0 aliphatic carbocycles. The summed E-state index contributed by atoms with van der Waals surface area (Å²) >= 11 is 0. The Labute approximate surface area is 174 Å². The molecule has 0 aromatic carbocycles. The largest absolute Gasteiger partial charge is 0.479 e. The van der Waals surface area contributed by atoms with E-state index in [1.54, 1.807) is 0 Å². The highest BCUT2D eigenvalue weighted by molar-refractivity contribution is 5.79. The second-order valence-electron chi connectivity index (χ2n) is 7.33. The van der Waals surface area contributed by atoms with Gasteiger partial charge >= 0.3 is 11.7 Å². The van der Waals surface area contributed by atoms with Crippen LogP contribution in [0.15, 0.2) is 15.8 Å². The number of aliphatic carboxylic acids is 1. The number of carbonyl (C=O) groups is 1. The normalized spacial score (nSPS) is 26.2. The number of ether oxygens (including phenoxy) is 3. The molecule has 0 bridgehead atoms. The lowest BCUT2D eigenvalue weighted by Crippen LogP contribution is -2.55. The molecule has 0 amide bonds. The molecule has 4 N–H and O–H groups in total. The van der Waals surface area contributed by atoms with E-state index in [4.69, 9.17) is 24.9 Å². The fourth-order valence-corrected chi connectivity index (χ4v) is 3.30. The molecule has 1 aliphatic heterocycles. The Kier molecular flexibility index (Phi) is 8.74. The lowest BCUT2D eigenvalue weighted by molar-refractivity contribution is -0.192. The van der Waals surface area contributed by atoms with E-state index in [2.05, 4.69) is 4.98 Å². The number of unbranched alkanes of at least 4 members (excludes halogenated alkanes) is 2. The van der Waals surface area contributed by atoms with Crippen LogP contribution in [0.25, 0.3) is 0 Å². The molecule has 1 unspecified atom stereocenters. The van der Waals surface area contributed by atoms with Crippen LogP contribution >= 0.6 is 0 Å². The van der Waals surface area contributed by atoms with Crippen LogP contribution in [0.3, 0.4) is 0 Å². The van der Waals surface area contributed by atoms with Gasteiger partial charge in [-0.25, -0.2) is 15.5 Å². The zero-order chi connectivity index (χ0) is 22.3. The molecule has 2 rings (SSSR count). The Balaban J connectivity index is 2.47. The zero-order valence-corrected chi connectivity index (χ0v) is 17.6. The number of aryl methyl sites for hydroxylation is 1. The van der Waals surface area contributed by atoms with Crippen LogP contribution in [0.5, 0.6) is 0 Å². The topological polar surface area (TPSA) is 155 Å². The molecule has 1 aliphatic rings. The number of nitrogens with zero attached hydrogens (tertiary/aromatic N) is 1. The Morgan fingerprint density at radius 2 is 1.97 bits per heavy atom. The molecule has 1 saturated heterocycles. The Bertz CT molecular complexity index is 823. The molecule has 2 heterocycles. The summed E-state index contributed by atoms with van der Waals surface area (Å²) in [5.41, 5.74) is -3.04. The number of nitrogens with two attached hydrogens (primary N) is 1. The van der Waals surface area contributed by atoms with E-state index in [1.165, 1.54) is 13.1 Å². The van der Waals surface area contributed by atoms with E-state index in [1.807, 2.05) is 13.8 Å². The van der Waals surface area contributed by atoms with Crippen molar-refractivity contribution in [3.63, 3.8) is 0 Å². The monoisotopic (exact) mass is 429 g/mol. The predicted molar refractivity (Wildman–Crippen MR) is 106 cm³/mol. The summed E-state index contributed by atoms with van der Waals surface area (Å²) in [5, 5.41) is 10.1. The van der Waals surface area contributed by atoms with Gasteiger partial charge in [0, 0.05) is 25.0 Å². The summed E-state index contributed by atoms with van der Waals surface area (Å²) in [4.78, 5) is 43.7. The average Bonchev–Trinajstić information content (AvgIpc) is 3.03. The maximum atomic E-state index is 12.4. The van der Waals surface area contributed by atoms with Crippen molar-refractivity contribution in [2.24, 2.45) is 5.90 Å². The second-order valence-corrected chi connectivity index (χ2v) is 7.33. The minimum atomic E-state index is -1.94. The van der Waals surface area contributed by atoms with E-state index in [0.29, 0.717) is 13.0 Å². The van der Waals surface area contributed by atoms with Gasteiger partial charge in [0.1, 0.15) is 6.10 Å². The van der Waals surface area contributed by atoms with E-state index in [-0.39, 0.29) is 18.8 Å². The zero-order valence-electron chi connectivity index (χ0n) is 17.6. The third-order valence-corrected chi connectivity index (χ3v) is 5.06. The number of carboxylic acid groups (broad SMARTS) is 1. The van der Waals surface area contributed by atoms with Gasteiger partial charge in [-0.2, -0.15) is 0 Å². The maximum Gasteiger partial charge on any atom is 0.341 e. The van der Waals surface area contributed by atoms with Crippen LogP contribution in [0.2, 0.25) is 0 Å². The highest BCUT2D eigenvalue weighted by Gasteiger charge is 2.63. The molecule has 30 heavy (non-hydrogen) atoms. The summed E-state index contributed by atoms with van der Waals surface area (Å²) in [5.74, 6) is 4.17. The number of hydrogen-bond donors (Lipinski definition) is 3. The number of aromatic amines is 1. The molecular weight excluding hydrogens is 398 g/mol. The maximum absolute atomic E-state index is 12.4. The average molecular weight is 429 g/mol. The van der Waals surface area contributed by atoms with Crippen molar-refractivity contribution in [1.82, 2.24) is 9.55 Å². The standard InChI is InChI=1S/C19H31N3O8/c1-4-6-8-27-11-19(17(24)25)14(28-9-7-5-2)13(30-20)16(29-19)22-10-12(3)15(23)21-18(22)26/h10,13-14,16H,4-9,11,20H2,1-3H3,(H,24,25)(H,21,23,26)/t13-,14?,16+,19+/m0/s1. The summed E-state index contributed by atoms with van der Waals surface area (Å²) in [6.45, 7) is 5.74. The SMILES string of the molecule is CCCCOC[C@@]1(C(=O)O)O[C@@H](n2cc(C)c(=O)[nH]c2=O)[C@@H](ON)C1OCCCC. The van der Waals surface area contributed by atoms with Crippen LogP contribution in [-0.4, -0.2) is 58.3 Å². The van der Waals surface area contributed by atoms with Gasteiger partial charge in [0.05, 0.1) is 6.61 Å². The number of aromatic nitrogens is 2. The van der Waals surface area contributed by atoms with E-state index >= 15 is 0 Å². The molecule has 11 nitrogen and oxygen atoms in total. The number of carboxylic acids is 1. The molecule has 4 atom stereocenters. The molecule has 1 aromatic heterocycles. The summed E-state index contributed by atoms with van der Waals surface area (Å²) < 4.78 is 18.4. The Morgan fingerprint density at radius 3 is 2.57 bits per heavy atom. The molecule has 1 fully saturated rings. The second kappa shape index (κ2) is 10.8. The van der Waals surface area contributed by atoms with Crippen molar-refractivity contribution in [2.45, 2.75) is 70.5 Å². The van der Waals surface area contributed by atoms with Crippen LogP contribution < -0.4 is 17.1 Å². The number of hydrogen-bond acceptors (Lipinski definition) is 8. The van der Waals surface area contributed by atoms with E-state index in [9.17, 15) is 19.5 Å². The van der Waals surface area contributed by atoms with Crippen molar-refractivity contribution >= 4 is 5.97 Å². The van der Waals surface area contributed by atoms with Gasteiger partial charge in [-0.3, -0.25) is 19.2 Å².